The van der Waals surface area contributed by atoms with Crippen LogP contribution in [0.15, 0.2) is 48.5 Å². The zero-order chi connectivity index (χ0) is 23.4. The Morgan fingerprint density at radius 3 is 2.71 bits per heavy atom. The van der Waals surface area contributed by atoms with Gasteiger partial charge in [-0.3, -0.25) is 14.4 Å². The van der Waals surface area contributed by atoms with Gasteiger partial charge in [0.05, 0.1) is 12.6 Å². The Morgan fingerprint density at radius 2 is 1.88 bits per heavy atom. The van der Waals surface area contributed by atoms with Crippen molar-refractivity contribution in [1.29, 1.82) is 0 Å². The van der Waals surface area contributed by atoms with Gasteiger partial charge in [0, 0.05) is 31.7 Å². The molecule has 1 saturated carbocycles. The number of benzene rings is 2. The number of nitrogens with zero attached hydrogens (tertiary/aromatic N) is 3. The summed E-state index contributed by atoms with van der Waals surface area (Å²) in [6.45, 7) is 1.56. The maximum absolute atomic E-state index is 14.3. The lowest BCUT2D eigenvalue weighted by molar-refractivity contribution is -0.136. The van der Waals surface area contributed by atoms with Crippen molar-refractivity contribution in [1.82, 2.24) is 9.80 Å². The predicted octanol–water partition coefficient (Wildman–Crippen LogP) is 2.90. The number of fused-ring (bicyclic) bond motifs is 6. The molecule has 7 nitrogen and oxygen atoms in total. The van der Waals surface area contributed by atoms with Crippen LogP contribution in [0.4, 0.5) is 5.69 Å². The molecule has 2 aromatic rings. The van der Waals surface area contributed by atoms with Crippen molar-refractivity contribution in [2.75, 3.05) is 38.2 Å². The molecule has 3 heterocycles. The zero-order valence-electron chi connectivity index (χ0n) is 19.4. The second kappa shape index (κ2) is 7.86. The van der Waals surface area contributed by atoms with Gasteiger partial charge in [0.15, 0.2) is 0 Å². The molecule has 0 aromatic heterocycles. The van der Waals surface area contributed by atoms with E-state index in [1.54, 1.807) is 16.8 Å². The van der Waals surface area contributed by atoms with Gasteiger partial charge in [-0.1, -0.05) is 30.3 Å². The van der Waals surface area contributed by atoms with Gasteiger partial charge in [-0.25, -0.2) is 0 Å². The minimum atomic E-state index is -0.914. The van der Waals surface area contributed by atoms with Crippen molar-refractivity contribution in [2.24, 2.45) is 5.92 Å². The van der Waals surface area contributed by atoms with E-state index in [0.29, 0.717) is 32.5 Å². The molecule has 34 heavy (non-hydrogen) atoms. The summed E-state index contributed by atoms with van der Waals surface area (Å²) in [4.78, 5) is 46.1. The van der Waals surface area contributed by atoms with Crippen LogP contribution in [0.2, 0.25) is 0 Å². The Balaban J connectivity index is 1.55. The summed E-state index contributed by atoms with van der Waals surface area (Å²) in [6.07, 6.45) is 3.06. The number of hydrogen-bond donors (Lipinski definition) is 0. The van der Waals surface area contributed by atoms with Crippen molar-refractivity contribution >= 4 is 23.4 Å². The van der Waals surface area contributed by atoms with Gasteiger partial charge in [-0.2, -0.15) is 0 Å². The number of anilines is 1. The van der Waals surface area contributed by atoms with Crippen molar-refractivity contribution < 1.29 is 19.1 Å². The van der Waals surface area contributed by atoms with E-state index in [1.807, 2.05) is 53.4 Å². The van der Waals surface area contributed by atoms with Gasteiger partial charge in [0.2, 0.25) is 17.7 Å². The summed E-state index contributed by atoms with van der Waals surface area (Å²) >= 11 is 0. The maximum Gasteiger partial charge on any atom is 0.242 e. The van der Waals surface area contributed by atoms with Crippen LogP contribution in [0.3, 0.4) is 0 Å². The molecule has 0 radical (unpaired) electrons. The van der Waals surface area contributed by atoms with E-state index in [0.717, 1.165) is 35.4 Å². The van der Waals surface area contributed by atoms with Crippen LogP contribution in [0.5, 0.6) is 5.75 Å². The quantitative estimate of drug-likeness (QED) is 0.658. The first kappa shape index (κ1) is 21.2. The highest BCUT2D eigenvalue weighted by Crippen LogP contribution is 2.57. The molecule has 6 rings (SSSR count). The number of carbonyl (C=O) groups is 3. The summed E-state index contributed by atoms with van der Waals surface area (Å²) in [5.41, 5.74) is 1.69. The van der Waals surface area contributed by atoms with Gasteiger partial charge in [-0.05, 0) is 55.0 Å². The molecule has 0 N–H and O–H groups in total. The number of likely N-dealkylation sites (N-methyl/N-ethyl adjacent to an activating group) is 1. The number of ether oxygens (including phenoxy) is 1. The molecule has 2 atom stereocenters. The van der Waals surface area contributed by atoms with Crippen LogP contribution in [0.25, 0.3) is 0 Å². The maximum atomic E-state index is 14.3. The SMILES string of the molecule is CN1CCCOc2cccc(c2)[C@@H]2N(C(=O)C3CC3)CC[C@]23C(=O)N(CC1=O)c1ccccc13. The molecule has 4 bridgehead atoms. The molecule has 4 aliphatic rings. The third-order valence-corrected chi connectivity index (χ3v) is 7.84. The highest BCUT2D eigenvalue weighted by molar-refractivity contribution is 6.12. The highest BCUT2D eigenvalue weighted by atomic mass is 16.5. The molecule has 1 aliphatic carbocycles. The lowest BCUT2D eigenvalue weighted by atomic mass is 9.72. The topological polar surface area (TPSA) is 70.2 Å². The Morgan fingerprint density at radius 1 is 1.06 bits per heavy atom. The normalized spacial score (nSPS) is 26.6. The molecular formula is C27H29N3O4. The van der Waals surface area contributed by atoms with Crippen LogP contribution >= 0.6 is 0 Å². The van der Waals surface area contributed by atoms with E-state index in [4.69, 9.17) is 4.74 Å². The number of para-hydroxylation sites is 1. The van der Waals surface area contributed by atoms with E-state index >= 15 is 0 Å². The van der Waals surface area contributed by atoms with Gasteiger partial charge in [0.25, 0.3) is 0 Å². The number of carbonyl (C=O) groups excluding carboxylic acids is 3. The molecule has 1 spiro atoms. The summed E-state index contributed by atoms with van der Waals surface area (Å²) in [7, 11) is 1.77. The lowest BCUT2D eigenvalue weighted by Gasteiger charge is -2.35. The lowest BCUT2D eigenvalue weighted by Crippen LogP contribution is -2.48. The van der Waals surface area contributed by atoms with E-state index in [1.165, 1.54) is 0 Å². The smallest absolute Gasteiger partial charge is 0.242 e. The summed E-state index contributed by atoms with van der Waals surface area (Å²) in [5, 5.41) is 0. The molecular weight excluding hydrogens is 430 g/mol. The first-order chi connectivity index (χ1) is 16.5. The van der Waals surface area contributed by atoms with Gasteiger partial charge < -0.3 is 19.4 Å². The van der Waals surface area contributed by atoms with E-state index in [2.05, 4.69) is 0 Å². The Labute approximate surface area is 199 Å². The molecule has 3 aliphatic heterocycles. The van der Waals surface area contributed by atoms with E-state index < -0.39 is 11.5 Å². The fourth-order valence-corrected chi connectivity index (χ4v) is 5.96. The summed E-state index contributed by atoms with van der Waals surface area (Å²) < 4.78 is 6.02. The molecule has 176 valence electrons. The average molecular weight is 460 g/mol. The average Bonchev–Trinajstić information content (AvgIpc) is 3.59. The Kier molecular flexibility index (Phi) is 4.90. The van der Waals surface area contributed by atoms with Crippen LogP contribution in [-0.2, 0) is 19.8 Å². The Bertz CT molecular complexity index is 1180. The summed E-state index contributed by atoms with van der Waals surface area (Å²) in [6, 6.07) is 15.2. The second-order valence-corrected chi connectivity index (χ2v) is 9.93. The largest absolute Gasteiger partial charge is 0.494 e. The third kappa shape index (κ3) is 3.13. The molecule has 1 saturated heterocycles. The van der Waals surface area contributed by atoms with Crippen LogP contribution in [-0.4, -0.2) is 60.8 Å². The Hall–Kier alpha value is -3.35. The van der Waals surface area contributed by atoms with Gasteiger partial charge in [0.1, 0.15) is 17.7 Å². The predicted molar refractivity (Wildman–Crippen MR) is 126 cm³/mol. The third-order valence-electron chi connectivity index (χ3n) is 7.84. The zero-order valence-corrected chi connectivity index (χ0v) is 19.4. The van der Waals surface area contributed by atoms with Crippen molar-refractivity contribution in [3.05, 3.63) is 59.7 Å². The van der Waals surface area contributed by atoms with E-state index in [9.17, 15) is 14.4 Å². The first-order valence-electron chi connectivity index (χ1n) is 12.2. The fraction of sp³-hybridized carbons (Fsp3) is 0.444. The fourth-order valence-electron chi connectivity index (χ4n) is 5.96. The molecule has 3 amide bonds. The molecule has 0 unspecified atom stereocenters. The van der Waals surface area contributed by atoms with Crippen LogP contribution in [0, 0.1) is 5.92 Å². The van der Waals surface area contributed by atoms with Gasteiger partial charge >= 0.3 is 0 Å². The van der Waals surface area contributed by atoms with Crippen LogP contribution < -0.4 is 9.64 Å². The minimum Gasteiger partial charge on any atom is -0.494 e. The number of rotatable bonds is 1. The standard InChI is InChI=1S/C27H29N3O4/c1-28-13-5-15-34-20-7-4-6-19(16-20)24-27(12-14-29(24)25(32)18-10-11-18)21-8-2-3-9-22(21)30(26(27)33)17-23(28)31/h2-4,6-9,16,18,24H,5,10-15,17H2,1H3/t24-,27+/m0/s1. The number of likely N-dealkylation sites (tertiary alicyclic amines) is 1. The monoisotopic (exact) mass is 459 g/mol. The molecule has 2 aromatic carbocycles. The first-order valence-corrected chi connectivity index (χ1v) is 12.2. The number of hydrogen-bond acceptors (Lipinski definition) is 4. The van der Waals surface area contributed by atoms with E-state index in [-0.39, 0.29) is 30.2 Å². The minimum absolute atomic E-state index is 0.00170. The summed E-state index contributed by atoms with van der Waals surface area (Å²) in [5.74, 6) is 0.723. The molecule has 7 heteroatoms. The second-order valence-electron chi connectivity index (χ2n) is 9.93. The van der Waals surface area contributed by atoms with Crippen molar-refractivity contribution in [3.8, 4) is 5.75 Å². The number of amides is 3. The van der Waals surface area contributed by atoms with Gasteiger partial charge in [-0.15, -0.1) is 0 Å². The van der Waals surface area contributed by atoms with Crippen molar-refractivity contribution in [3.63, 3.8) is 0 Å². The van der Waals surface area contributed by atoms with Crippen LogP contribution in [0.1, 0.15) is 42.9 Å². The molecule has 2 fully saturated rings. The van der Waals surface area contributed by atoms with Crippen molar-refractivity contribution in [2.45, 2.75) is 37.1 Å². The highest BCUT2D eigenvalue weighted by Gasteiger charge is 2.62.